The summed E-state index contributed by atoms with van der Waals surface area (Å²) in [6, 6.07) is 7.20. The summed E-state index contributed by atoms with van der Waals surface area (Å²) in [7, 11) is 0. The fourth-order valence-electron chi connectivity index (χ4n) is 3.01. The summed E-state index contributed by atoms with van der Waals surface area (Å²) >= 11 is 0. The summed E-state index contributed by atoms with van der Waals surface area (Å²) in [4.78, 5) is 43.5. The van der Waals surface area contributed by atoms with E-state index in [1.165, 1.54) is 18.2 Å². The van der Waals surface area contributed by atoms with Gasteiger partial charge in [-0.05, 0) is 30.3 Å². The van der Waals surface area contributed by atoms with Gasteiger partial charge in [0.05, 0.1) is 48.7 Å². The number of aliphatic hydroxyl groups excluding tert-OH is 4. The van der Waals surface area contributed by atoms with E-state index in [-0.39, 0.29) is 34.4 Å². The highest BCUT2D eigenvalue weighted by Gasteiger charge is 2.30. The van der Waals surface area contributed by atoms with Gasteiger partial charge >= 0.3 is 23.9 Å². The first-order valence-electron chi connectivity index (χ1n) is 9.82. The van der Waals surface area contributed by atoms with E-state index >= 15 is 0 Å². The molecule has 0 aromatic heterocycles. The lowest BCUT2D eigenvalue weighted by Gasteiger charge is -2.24. The number of aromatic carboxylic acids is 4. The van der Waals surface area contributed by atoms with E-state index in [0.717, 1.165) is 18.2 Å². The Balaban J connectivity index is 0.000000427. The molecule has 190 valence electrons. The van der Waals surface area contributed by atoms with Crippen LogP contribution in [0.5, 0.6) is 0 Å². The van der Waals surface area contributed by atoms with Gasteiger partial charge in [0.25, 0.3) is 0 Å². The zero-order valence-corrected chi connectivity index (χ0v) is 18.1. The molecule has 0 spiro atoms. The topological polar surface area (TPSA) is 239 Å². The molecule has 2 aromatic carbocycles. The third-order valence-corrected chi connectivity index (χ3v) is 4.51. The normalized spacial score (nSPS) is 12.1. The van der Waals surface area contributed by atoms with E-state index in [9.17, 15) is 39.6 Å². The van der Waals surface area contributed by atoms with Crippen molar-refractivity contribution in [3.8, 4) is 0 Å². The zero-order chi connectivity index (χ0) is 26.7. The van der Waals surface area contributed by atoms with E-state index in [1.54, 1.807) is 0 Å². The van der Waals surface area contributed by atoms with E-state index in [0.29, 0.717) is 0 Å². The van der Waals surface area contributed by atoms with Gasteiger partial charge in [-0.3, -0.25) is 0 Å². The number of carboxylic acids is 4. The van der Waals surface area contributed by atoms with Crippen LogP contribution in [0.4, 0.5) is 0 Å². The summed E-state index contributed by atoms with van der Waals surface area (Å²) in [5.41, 5.74) is -1.44. The molecule has 0 aliphatic rings. The Morgan fingerprint density at radius 2 is 1.20 bits per heavy atom. The second kappa shape index (κ2) is 13.7. The highest BCUT2D eigenvalue weighted by molar-refractivity contribution is 5.95. The molecule has 2 rings (SSSR count). The molecule has 2 atom stereocenters. The molecule has 0 amide bonds. The van der Waals surface area contributed by atoms with Gasteiger partial charge < -0.3 is 45.6 Å². The van der Waals surface area contributed by atoms with Gasteiger partial charge in [0.2, 0.25) is 0 Å². The highest BCUT2D eigenvalue weighted by Crippen LogP contribution is 2.33. The number of benzene rings is 2. The maximum Gasteiger partial charge on any atom is 0.336 e. The van der Waals surface area contributed by atoms with Crippen LogP contribution in [-0.4, -0.2) is 91.2 Å². The number of hydrogen-bond donors (Lipinski definition) is 8. The van der Waals surface area contributed by atoms with E-state index in [4.69, 9.17) is 25.2 Å². The van der Waals surface area contributed by atoms with Gasteiger partial charge in [-0.25, -0.2) is 19.2 Å². The number of ether oxygens (including phenoxy) is 1. The summed E-state index contributed by atoms with van der Waals surface area (Å²) in [6.07, 6.45) is -2.97. The van der Waals surface area contributed by atoms with Crippen LogP contribution < -0.4 is 0 Å². The lowest BCUT2D eigenvalue weighted by molar-refractivity contribution is -0.00790. The summed E-state index contributed by atoms with van der Waals surface area (Å²) in [5, 5.41) is 72.8. The van der Waals surface area contributed by atoms with Crippen molar-refractivity contribution in [3.63, 3.8) is 0 Å². The molecular formula is C22H24O13. The Bertz CT molecular complexity index is 1030. The molecule has 35 heavy (non-hydrogen) atoms. The van der Waals surface area contributed by atoms with Gasteiger partial charge in [0, 0.05) is 11.1 Å². The average Bonchev–Trinajstić information content (AvgIpc) is 2.83. The average molecular weight is 496 g/mol. The molecule has 0 aliphatic heterocycles. The minimum absolute atomic E-state index is 0.0186. The molecular weight excluding hydrogens is 472 g/mol. The molecule has 13 heteroatoms. The molecule has 2 aromatic rings. The van der Waals surface area contributed by atoms with Gasteiger partial charge in [-0.1, -0.05) is 6.07 Å². The van der Waals surface area contributed by atoms with Crippen LogP contribution in [0.25, 0.3) is 0 Å². The summed E-state index contributed by atoms with van der Waals surface area (Å²) in [6.45, 7) is -2.21. The zero-order valence-electron chi connectivity index (χ0n) is 18.1. The molecule has 0 fully saturated rings. The predicted molar refractivity (Wildman–Crippen MR) is 116 cm³/mol. The molecule has 0 saturated heterocycles. The van der Waals surface area contributed by atoms with Crippen molar-refractivity contribution >= 4 is 23.9 Å². The second-order valence-electron chi connectivity index (χ2n) is 6.75. The predicted octanol–water partition coefficient (Wildman–Crippen LogP) is 0.234. The fraction of sp³-hybridized carbons (Fsp3) is 0.273. The molecule has 0 aliphatic carbocycles. The third kappa shape index (κ3) is 7.84. The van der Waals surface area contributed by atoms with E-state index in [1.807, 2.05) is 0 Å². The third-order valence-electron chi connectivity index (χ3n) is 4.51. The molecule has 0 radical (unpaired) electrons. The Morgan fingerprint density at radius 3 is 1.57 bits per heavy atom. The maximum absolute atomic E-state index is 11.4. The number of hydrogen-bond acceptors (Lipinski definition) is 9. The van der Waals surface area contributed by atoms with Crippen molar-refractivity contribution in [2.75, 3.05) is 26.4 Å². The molecule has 0 heterocycles. The standard InChI is InChI=1S/C14H18O9.C8H6O4/c15-3-4-23-10(6-17)12-8(14(21)22)2-1-7(13(19)20)11(12)9(18)5-16;9-7(10)5-2-1-3-6(4-5)8(11)12/h1-2,9-10,15-18H,3-6H2,(H,19,20)(H,21,22);1-4H,(H,9,10)(H,11,12). The van der Waals surface area contributed by atoms with Crippen molar-refractivity contribution in [2.45, 2.75) is 12.2 Å². The van der Waals surface area contributed by atoms with Crippen molar-refractivity contribution in [2.24, 2.45) is 0 Å². The minimum Gasteiger partial charge on any atom is -0.478 e. The Morgan fingerprint density at radius 1 is 0.714 bits per heavy atom. The Hall–Kier alpha value is -3.88. The Kier molecular flexibility index (Phi) is 11.4. The minimum atomic E-state index is -1.68. The summed E-state index contributed by atoms with van der Waals surface area (Å²) < 4.78 is 5.14. The molecule has 2 unspecified atom stereocenters. The quantitative estimate of drug-likeness (QED) is 0.208. The molecule has 8 N–H and O–H groups in total. The first-order chi connectivity index (χ1) is 16.5. The number of carboxylic acid groups (broad SMARTS) is 4. The van der Waals surface area contributed by atoms with E-state index in [2.05, 4.69) is 0 Å². The van der Waals surface area contributed by atoms with Gasteiger partial charge in [-0.15, -0.1) is 0 Å². The maximum atomic E-state index is 11.4. The van der Waals surface area contributed by atoms with E-state index < -0.39 is 61.5 Å². The van der Waals surface area contributed by atoms with Crippen LogP contribution in [0.2, 0.25) is 0 Å². The second-order valence-corrected chi connectivity index (χ2v) is 6.75. The van der Waals surface area contributed by atoms with Gasteiger partial charge in [0.15, 0.2) is 0 Å². The largest absolute Gasteiger partial charge is 0.478 e. The van der Waals surface area contributed by atoms with Gasteiger partial charge in [0.1, 0.15) is 12.2 Å². The number of carbonyl (C=O) groups is 4. The van der Waals surface area contributed by atoms with Crippen molar-refractivity contribution in [1.29, 1.82) is 0 Å². The van der Waals surface area contributed by atoms with Crippen LogP contribution in [0.3, 0.4) is 0 Å². The van der Waals surface area contributed by atoms with Crippen molar-refractivity contribution in [1.82, 2.24) is 0 Å². The van der Waals surface area contributed by atoms with Crippen LogP contribution in [-0.2, 0) is 4.74 Å². The lowest BCUT2D eigenvalue weighted by atomic mass is 9.89. The smallest absolute Gasteiger partial charge is 0.336 e. The molecule has 0 bridgehead atoms. The number of rotatable bonds is 11. The van der Waals surface area contributed by atoms with Crippen LogP contribution >= 0.6 is 0 Å². The van der Waals surface area contributed by atoms with Crippen LogP contribution in [0.15, 0.2) is 36.4 Å². The SMILES string of the molecule is O=C(O)c1ccc(C(=O)O)c(C(CO)OCCO)c1C(O)CO.O=C(O)c1cccc(C(=O)O)c1. The summed E-state index contributed by atoms with van der Waals surface area (Å²) in [5.74, 6) is -5.12. The molecule has 13 nitrogen and oxygen atoms in total. The number of aliphatic hydroxyl groups is 4. The van der Waals surface area contributed by atoms with Crippen molar-refractivity contribution < 1.29 is 64.8 Å². The highest BCUT2D eigenvalue weighted by atomic mass is 16.5. The lowest BCUT2D eigenvalue weighted by Crippen LogP contribution is -2.22. The van der Waals surface area contributed by atoms with Crippen LogP contribution in [0, 0.1) is 0 Å². The first-order valence-corrected chi connectivity index (χ1v) is 9.82. The fourth-order valence-corrected chi connectivity index (χ4v) is 3.01. The van der Waals surface area contributed by atoms with Crippen LogP contribution in [0.1, 0.15) is 64.8 Å². The molecule has 0 saturated carbocycles. The van der Waals surface area contributed by atoms with Gasteiger partial charge in [-0.2, -0.15) is 0 Å². The monoisotopic (exact) mass is 496 g/mol. The van der Waals surface area contributed by atoms with Crippen molar-refractivity contribution in [3.05, 3.63) is 69.8 Å². The first kappa shape index (κ1) is 29.2. The Labute approximate surface area is 197 Å².